The molecule has 0 bridgehead atoms. The minimum absolute atomic E-state index is 0.184. The topological polar surface area (TPSA) is 68.2 Å². The van der Waals surface area contributed by atoms with E-state index in [1.54, 1.807) is 19.1 Å². The number of carbonyl (C=O) groups is 1. The lowest BCUT2D eigenvalue weighted by atomic mass is 9.96. The van der Waals surface area contributed by atoms with E-state index in [1.807, 2.05) is 73.7 Å². The van der Waals surface area contributed by atoms with Crippen LogP contribution in [0.5, 0.6) is 17.2 Å². The van der Waals surface area contributed by atoms with Crippen LogP contribution in [0.3, 0.4) is 0 Å². The van der Waals surface area contributed by atoms with Gasteiger partial charge in [-0.3, -0.25) is 0 Å². The minimum atomic E-state index is -1.38. The van der Waals surface area contributed by atoms with Gasteiger partial charge in [-0.2, -0.15) is 0 Å². The Morgan fingerprint density at radius 3 is 2.44 bits per heavy atom. The van der Waals surface area contributed by atoms with Gasteiger partial charge in [-0.1, -0.05) is 42.5 Å². The van der Waals surface area contributed by atoms with E-state index in [9.17, 15) is 9.90 Å². The maximum Gasteiger partial charge on any atom is 0.348 e. The monoisotopic (exact) mass is 433 g/mol. The number of fused-ring (bicyclic) bond motifs is 1. The highest BCUT2D eigenvalue weighted by atomic mass is 16.5. The fraction of sp³-hybridized carbons (Fsp3) is 0.269. The van der Waals surface area contributed by atoms with E-state index < -0.39 is 11.6 Å². The number of rotatable bonds is 8. The largest absolute Gasteiger partial charge is 0.490 e. The summed E-state index contributed by atoms with van der Waals surface area (Å²) in [6, 6.07) is 24.4. The highest BCUT2D eigenvalue weighted by Crippen LogP contribution is 2.33. The van der Waals surface area contributed by atoms with Gasteiger partial charge >= 0.3 is 5.97 Å². The van der Waals surface area contributed by atoms with Crippen LogP contribution in [-0.2, 0) is 11.2 Å². The van der Waals surface area contributed by atoms with Crippen molar-refractivity contribution in [1.29, 1.82) is 0 Å². The Bertz CT molecular complexity index is 1050. The molecule has 32 heavy (non-hydrogen) atoms. The molecule has 0 fully saturated rings. The molecule has 1 N–H and O–H groups in total. The summed E-state index contributed by atoms with van der Waals surface area (Å²) in [6.45, 7) is 4.94. The number of anilines is 1. The van der Waals surface area contributed by atoms with Crippen LogP contribution in [-0.4, -0.2) is 36.1 Å². The predicted molar refractivity (Wildman–Crippen MR) is 123 cm³/mol. The predicted octanol–water partition coefficient (Wildman–Crippen LogP) is 4.78. The zero-order chi connectivity index (χ0) is 22.6. The average molecular weight is 434 g/mol. The lowest BCUT2D eigenvalue weighted by Gasteiger charge is -2.35. The van der Waals surface area contributed by atoms with Crippen LogP contribution in [0.2, 0.25) is 0 Å². The molecule has 6 nitrogen and oxygen atoms in total. The molecule has 0 spiro atoms. The van der Waals surface area contributed by atoms with Crippen molar-refractivity contribution in [2.45, 2.75) is 32.1 Å². The lowest BCUT2D eigenvalue weighted by molar-refractivity contribution is -0.153. The number of benzene rings is 3. The molecule has 0 aliphatic carbocycles. The zero-order valence-corrected chi connectivity index (χ0v) is 18.2. The Balaban J connectivity index is 1.43. The molecule has 6 heteroatoms. The third kappa shape index (κ3) is 4.80. The number of hydrogen-bond donors (Lipinski definition) is 1. The molecule has 2 atom stereocenters. The molecule has 0 saturated heterocycles. The zero-order valence-electron chi connectivity index (χ0n) is 18.2. The van der Waals surface area contributed by atoms with Gasteiger partial charge in [0.1, 0.15) is 23.9 Å². The van der Waals surface area contributed by atoms with Crippen molar-refractivity contribution in [2.24, 2.45) is 0 Å². The second kappa shape index (κ2) is 9.22. The summed E-state index contributed by atoms with van der Waals surface area (Å²) in [5, 5.41) is 9.79. The Morgan fingerprint density at radius 1 is 1.03 bits per heavy atom. The van der Waals surface area contributed by atoms with Crippen molar-refractivity contribution < 1.29 is 24.1 Å². The number of hydrogen-bond acceptors (Lipinski definition) is 5. The number of para-hydroxylation sites is 3. The van der Waals surface area contributed by atoms with Crippen LogP contribution >= 0.6 is 0 Å². The van der Waals surface area contributed by atoms with Crippen molar-refractivity contribution in [3.63, 3.8) is 0 Å². The van der Waals surface area contributed by atoms with Gasteiger partial charge in [0, 0.05) is 6.42 Å². The summed E-state index contributed by atoms with van der Waals surface area (Å²) >= 11 is 0. The Hall–Kier alpha value is -3.67. The minimum Gasteiger partial charge on any atom is -0.490 e. The standard InChI is InChI=1S/C26H27NO5/c1-19(27-16-17-30-24-11-7-6-10-23(24)27)31-21-14-12-20(13-15-21)18-26(2,25(28)29)32-22-8-4-3-5-9-22/h3-15,19H,16-18H2,1-2H3,(H,28,29). The lowest BCUT2D eigenvalue weighted by Crippen LogP contribution is -2.43. The number of carboxylic acid groups (broad SMARTS) is 1. The maximum atomic E-state index is 12.0. The molecule has 3 aromatic rings. The van der Waals surface area contributed by atoms with Crippen LogP contribution < -0.4 is 19.1 Å². The molecule has 0 amide bonds. The highest BCUT2D eigenvalue weighted by molar-refractivity contribution is 5.78. The van der Waals surface area contributed by atoms with Crippen LogP contribution in [0.4, 0.5) is 5.69 Å². The van der Waals surface area contributed by atoms with E-state index in [4.69, 9.17) is 14.2 Å². The van der Waals surface area contributed by atoms with Crippen molar-refractivity contribution in [1.82, 2.24) is 0 Å². The van der Waals surface area contributed by atoms with Gasteiger partial charge in [0.25, 0.3) is 0 Å². The van der Waals surface area contributed by atoms with Crippen molar-refractivity contribution in [3.8, 4) is 17.2 Å². The van der Waals surface area contributed by atoms with E-state index >= 15 is 0 Å². The highest BCUT2D eigenvalue weighted by Gasteiger charge is 2.36. The van der Waals surface area contributed by atoms with Crippen molar-refractivity contribution in [3.05, 3.63) is 84.4 Å². The fourth-order valence-electron chi connectivity index (χ4n) is 3.81. The molecule has 1 heterocycles. The molecule has 4 rings (SSSR count). The van der Waals surface area contributed by atoms with E-state index in [2.05, 4.69) is 4.90 Å². The molecular formula is C26H27NO5. The van der Waals surface area contributed by atoms with Gasteiger partial charge in [0.2, 0.25) is 5.60 Å². The summed E-state index contributed by atoms with van der Waals surface area (Å²) in [5.41, 5.74) is 0.481. The number of carboxylic acids is 1. The van der Waals surface area contributed by atoms with Crippen LogP contribution in [0.25, 0.3) is 0 Å². The maximum absolute atomic E-state index is 12.0. The van der Waals surface area contributed by atoms with E-state index in [1.165, 1.54) is 0 Å². The van der Waals surface area contributed by atoms with Crippen LogP contribution in [0.15, 0.2) is 78.9 Å². The number of ether oxygens (including phenoxy) is 3. The first-order valence-corrected chi connectivity index (χ1v) is 10.7. The normalized spacial score (nSPS) is 15.6. The van der Waals surface area contributed by atoms with E-state index in [0.717, 1.165) is 23.5 Å². The van der Waals surface area contributed by atoms with Gasteiger partial charge in [0.15, 0.2) is 6.23 Å². The summed E-state index contributed by atoms with van der Waals surface area (Å²) in [5.74, 6) is 1.08. The van der Waals surface area contributed by atoms with E-state index in [0.29, 0.717) is 18.1 Å². The van der Waals surface area contributed by atoms with Crippen molar-refractivity contribution >= 4 is 11.7 Å². The van der Waals surface area contributed by atoms with Gasteiger partial charge < -0.3 is 24.2 Å². The Kier molecular flexibility index (Phi) is 6.21. The Morgan fingerprint density at radius 2 is 1.72 bits per heavy atom. The first-order valence-electron chi connectivity index (χ1n) is 10.7. The molecule has 3 aromatic carbocycles. The Labute approximate surface area is 188 Å². The van der Waals surface area contributed by atoms with Gasteiger partial charge in [-0.05, 0) is 55.8 Å². The quantitative estimate of drug-likeness (QED) is 0.552. The molecule has 2 unspecified atom stereocenters. The van der Waals surface area contributed by atoms with Gasteiger partial charge in [-0.25, -0.2) is 4.79 Å². The van der Waals surface area contributed by atoms with Crippen LogP contribution in [0.1, 0.15) is 19.4 Å². The van der Waals surface area contributed by atoms with Gasteiger partial charge in [0.05, 0.1) is 12.2 Å². The molecule has 0 radical (unpaired) electrons. The molecule has 0 saturated carbocycles. The summed E-state index contributed by atoms with van der Waals surface area (Å²) in [4.78, 5) is 14.1. The number of nitrogens with zero attached hydrogens (tertiary/aromatic N) is 1. The first kappa shape index (κ1) is 21.6. The van der Waals surface area contributed by atoms with Crippen LogP contribution in [0, 0.1) is 0 Å². The van der Waals surface area contributed by atoms with Crippen molar-refractivity contribution in [2.75, 3.05) is 18.1 Å². The third-order valence-corrected chi connectivity index (χ3v) is 5.51. The fourth-order valence-corrected chi connectivity index (χ4v) is 3.81. The summed E-state index contributed by atoms with van der Waals surface area (Å²) in [6.07, 6.45) is 0.0424. The average Bonchev–Trinajstić information content (AvgIpc) is 2.80. The SMILES string of the molecule is CC(Oc1ccc(CC(C)(Oc2ccccc2)C(=O)O)cc1)N1CCOc2ccccc21. The first-order chi connectivity index (χ1) is 15.4. The second-order valence-electron chi connectivity index (χ2n) is 8.00. The number of aliphatic carboxylic acids is 1. The third-order valence-electron chi connectivity index (χ3n) is 5.51. The molecule has 0 aromatic heterocycles. The van der Waals surface area contributed by atoms with E-state index in [-0.39, 0.29) is 12.6 Å². The van der Waals surface area contributed by atoms with Gasteiger partial charge in [-0.15, -0.1) is 0 Å². The summed E-state index contributed by atoms with van der Waals surface area (Å²) in [7, 11) is 0. The molecule has 1 aliphatic heterocycles. The second-order valence-corrected chi connectivity index (χ2v) is 8.00. The molecule has 166 valence electrons. The molecule has 1 aliphatic rings. The molecular weight excluding hydrogens is 406 g/mol. The smallest absolute Gasteiger partial charge is 0.348 e. The summed E-state index contributed by atoms with van der Waals surface area (Å²) < 4.78 is 17.7.